The van der Waals surface area contributed by atoms with Gasteiger partial charge < -0.3 is 15.0 Å². The number of aromatic amines is 1. The van der Waals surface area contributed by atoms with Crippen molar-refractivity contribution in [3.05, 3.63) is 27.9 Å². The number of nitrogens with zero attached hydrogens (tertiary/aromatic N) is 1. The van der Waals surface area contributed by atoms with Crippen LogP contribution in [0.2, 0.25) is 0 Å². The minimum atomic E-state index is -0.0413. The molecule has 3 aliphatic rings. The van der Waals surface area contributed by atoms with Gasteiger partial charge in [0.05, 0.1) is 17.9 Å². The lowest BCUT2D eigenvalue weighted by molar-refractivity contribution is 0.0998. The van der Waals surface area contributed by atoms with Crippen molar-refractivity contribution in [3.63, 3.8) is 0 Å². The van der Waals surface area contributed by atoms with Gasteiger partial charge >= 0.3 is 0 Å². The predicted octanol–water partition coefficient (Wildman–Crippen LogP) is 1.06. The van der Waals surface area contributed by atoms with Crippen molar-refractivity contribution in [2.24, 2.45) is 0 Å². The molecule has 3 atom stereocenters. The molecule has 5 nitrogen and oxygen atoms in total. The van der Waals surface area contributed by atoms with Crippen LogP contribution in [0.4, 0.5) is 0 Å². The van der Waals surface area contributed by atoms with Crippen LogP contribution in [-0.4, -0.2) is 28.2 Å². The van der Waals surface area contributed by atoms with Crippen LogP contribution in [0.1, 0.15) is 49.5 Å². The molecule has 3 unspecified atom stereocenters. The fourth-order valence-corrected chi connectivity index (χ4v) is 3.26. The molecule has 102 valence electrons. The minimum absolute atomic E-state index is 0.0413. The van der Waals surface area contributed by atoms with E-state index in [4.69, 9.17) is 4.74 Å². The van der Waals surface area contributed by atoms with Gasteiger partial charge in [-0.1, -0.05) is 0 Å². The van der Waals surface area contributed by atoms with E-state index >= 15 is 0 Å². The second-order valence-electron chi connectivity index (χ2n) is 5.99. The molecule has 3 fully saturated rings. The first kappa shape index (κ1) is 11.6. The lowest BCUT2D eigenvalue weighted by atomic mass is 9.88. The zero-order chi connectivity index (χ0) is 12.8. The zero-order valence-corrected chi connectivity index (χ0v) is 10.9. The predicted molar refractivity (Wildman–Crippen MR) is 70.0 cm³/mol. The summed E-state index contributed by atoms with van der Waals surface area (Å²) in [6.45, 7) is 0.698. The van der Waals surface area contributed by atoms with Gasteiger partial charge in [-0.3, -0.25) is 4.79 Å². The van der Waals surface area contributed by atoms with Crippen LogP contribution in [0.15, 0.2) is 10.9 Å². The highest BCUT2D eigenvalue weighted by Gasteiger charge is 2.42. The van der Waals surface area contributed by atoms with Crippen LogP contribution >= 0.6 is 0 Å². The van der Waals surface area contributed by atoms with Gasteiger partial charge in [0.15, 0.2) is 0 Å². The van der Waals surface area contributed by atoms with Gasteiger partial charge in [0, 0.05) is 24.6 Å². The highest BCUT2D eigenvalue weighted by Crippen LogP contribution is 2.43. The van der Waals surface area contributed by atoms with Crippen molar-refractivity contribution >= 4 is 0 Å². The highest BCUT2D eigenvalue weighted by atomic mass is 16.5. The molecule has 0 spiro atoms. The monoisotopic (exact) mass is 261 g/mol. The van der Waals surface area contributed by atoms with Gasteiger partial charge in [0.2, 0.25) is 0 Å². The van der Waals surface area contributed by atoms with Gasteiger partial charge in [0.1, 0.15) is 5.82 Å². The van der Waals surface area contributed by atoms with Gasteiger partial charge in [-0.2, -0.15) is 0 Å². The summed E-state index contributed by atoms with van der Waals surface area (Å²) in [6, 6.07) is 2.24. The first-order valence-corrected chi connectivity index (χ1v) is 7.27. The van der Waals surface area contributed by atoms with Crippen molar-refractivity contribution in [1.29, 1.82) is 0 Å². The summed E-state index contributed by atoms with van der Waals surface area (Å²) in [5, 5.41) is 3.41. The maximum atomic E-state index is 11.8. The Balaban J connectivity index is 1.55. The third-order valence-corrected chi connectivity index (χ3v) is 4.42. The molecule has 3 heterocycles. The summed E-state index contributed by atoms with van der Waals surface area (Å²) in [5.74, 6) is 1.11. The second-order valence-corrected chi connectivity index (χ2v) is 5.99. The number of H-pyrrole nitrogens is 1. The molecule has 1 aromatic rings. The van der Waals surface area contributed by atoms with Crippen LogP contribution in [0.5, 0.6) is 0 Å². The molecule has 2 aliphatic heterocycles. The lowest BCUT2D eigenvalue weighted by Crippen LogP contribution is -2.24. The lowest BCUT2D eigenvalue weighted by Gasteiger charge is -2.18. The number of hydrogen-bond acceptors (Lipinski definition) is 4. The van der Waals surface area contributed by atoms with Crippen molar-refractivity contribution in [2.75, 3.05) is 0 Å². The van der Waals surface area contributed by atoms with Crippen molar-refractivity contribution in [1.82, 2.24) is 15.3 Å². The van der Waals surface area contributed by atoms with E-state index in [-0.39, 0.29) is 17.6 Å². The number of ether oxygens (including phenoxy) is 1. The van der Waals surface area contributed by atoms with E-state index in [9.17, 15) is 4.79 Å². The van der Waals surface area contributed by atoms with Gasteiger partial charge in [0.25, 0.3) is 5.56 Å². The number of fused-ring (bicyclic) bond motifs is 2. The summed E-state index contributed by atoms with van der Waals surface area (Å²) >= 11 is 0. The van der Waals surface area contributed by atoms with E-state index < -0.39 is 0 Å². The second kappa shape index (κ2) is 4.42. The molecule has 5 heteroatoms. The van der Waals surface area contributed by atoms with E-state index in [0.717, 1.165) is 30.8 Å². The molecule has 19 heavy (non-hydrogen) atoms. The molecule has 4 rings (SSSR count). The molecule has 1 aromatic heterocycles. The van der Waals surface area contributed by atoms with Crippen LogP contribution < -0.4 is 10.9 Å². The maximum Gasteiger partial charge on any atom is 0.251 e. The Morgan fingerprint density at radius 2 is 2.26 bits per heavy atom. The third kappa shape index (κ3) is 2.32. The largest absolute Gasteiger partial charge is 0.374 e. The summed E-state index contributed by atoms with van der Waals surface area (Å²) in [5.41, 5.74) is 0.814. The van der Waals surface area contributed by atoms with Crippen LogP contribution in [0.3, 0.4) is 0 Å². The molecular weight excluding hydrogens is 242 g/mol. The SMILES string of the molecule is O=c1cc(CNC2CC2)nc(C2CC3CCC2O3)[nH]1. The normalized spacial score (nSPS) is 32.9. The topological polar surface area (TPSA) is 67.0 Å². The Kier molecular flexibility index (Phi) is 2.70. The van der Waals surface area contributed by atoms with Crippen molar-refractivity contribution in [2.45, 2.75) is 62.8 Å². The van der Waals surface area contributed by atoms with Gasteiger partial charge in [-0.15, -0.1) is 0 Å². The maximum absolute atomic E-state index is 11.8. The van der Waals surface area contributed by atoms with E-state index in [1.807, 2.05) is 0 Å². The van der Waals surface area contributed by atoms with E-state index in [2.05, 4.69) is 15.3 Å². The van der Waals surface area contributed by atoms with Crippen LogP contribution in [0.25, 0.3) is 0 Å². The Hall–Kier alpha value is -1.20. The fraction of sp³-hybridized carbons (Fsp3) is 0.714. The van der Waals surface area contributed by atoms with Gasteiger partial charge in [-0.05, 0) is 32.1 Å². The van der Waals surface area contributed by atoms with E-state index in [1.54, 1.807) is 6.07 Å². The molecule has 2 N–H and O–H groups in total. The first-order chi connectivity index (χ1) is 9.28. The quantitative estimate of drug-likeness (QED) is 0.850. The smallest absolute Gasteiger partial charge is 0.251 e. The highest BCUT2D eigenvalue weighted by molar-refractivity contribution is 5.11. The minimum Gasteiger partial charge on any atom is -0.374 e. The average molecular weight is 261 g/mol. The summed E-state index contributed by atoms with van der Waals surface area (Å²) in [7, 11) is 0. The molecule has 2 saturated heterocycles. The molecule has 2 bridgehead atoms. The third-order valence-electron chi connectivity index (χ3n) is 4.42. The summed E-state index contributed by atoms with van der Waals surface area (Å²) in [6.07, 6.45) is 6.41. The van der Waals surface area contributed by atoms with Gasteiger partial charge in [-0.25, -0.2) is 4.98 Å². The van der Waals surface area contributed by atoms with Crippen molar-refractivity contribution < 1.29 is 4.74 Å². The number of aromatic nitrogens is 2. The van der Waals surface area contributed by atoms with E-state index in [1.165, 1.54) is 12.8 Å². The molecule has 0 radical (unpaired) electrons. The average Bonchev–Trinajstić information content (AvgIpc) is 2.99. The molecule has 0 amide bonds. The summed E-state index contributed by atoms with van der Waals surface area (Å²) in [4.78, 5) is 19.3. The molecular formula is C14H19N3O2. The van der Waals surface area contributed by atoms with Crippen molar-refractivity contribution in [3.8, 4) is 0 Å². The molecule has 1 aliphatic carbocycles. The number of rotatable bonds is 4. The Morgan fingerprint density at radius 3 is 2.95 bits per heavy atom. The molecule has 1 saturated carbocycles. The zero-order valence-electron chi connectivity index (χ0n) is 10.9. The van der Waals surface area contributed by atoms with Crippen LogP contribution in [0, 0.1) is 0 Å². The molecule has 0 aromatic carbocycles. The first-order valence-electron chi connectivity index (χ1n) is 7.27. The Labute approximate surface area is 111 Å². The summed E-state index contributed by atoms with van der Waals surface area (Å²) < 4.78 is 5.85. The number of hydrogen-bond donors (Lipinski definition) is 2. The number of nitrogens with one attached hydrogen (secondary N) is 2. The Morgan fingerprint density at radius 1 is 1.37 bits per heavy atom. The van der Waals surface area contributed by atoms with E-state index in [0.29, 0.717) is 18.7 Å². The van der Waals surface area contributed by atoms with Crippen LogP contribution in [-0.2, 0) is 11.3 Å². The fourth-order valence-electron chi connectivity index (χ4n) is 3.26. The standard InChI is InChI=1S/C14H19N3O2/c18-13-5-9(7-15-8-1-2-8)16-14(17-13)11-6-10-3-4-12(11)19-10/h5,8,10-12,15H,1-4,6-7H2,(H,16,17,18). The Bertz CT molecular complexity index is 538.